The summed E-state index contributed by atoms with van der Waals surface area (Å²) in [7, 11) is 0. The minimum Gasteiger partial charge on any atom is -0.435 e. The van der Waals surface area contributed by atoms with E-state index in [1.54, 1.807) is 41.8 Å². The molecule has 2 atom stereocenters. The Labute approximate surface area is 127 Å². The second-order valence-electron chi connectivity index (χ2n) is 4.67. The molecule has 21 heavy (non-hydrogen) atoms. The smallest absolute Gasteiger partial charge is 0.387 e. The van der Waals surface area contributed by atoms with Gasteiger partial charge in [-0.05, 0) is 31.0 Å². The molecule has 0 spiro atoms. The van der Waals surface area contributed by atoms with Crippen LogP contribution in [0.1, 0.15) is 42.9 Å². The molecule has 0 bridgehead atoms. The summed E-state index contributed by atoms with van der Waals surface area (Å²) in [5.41, 5.74) is 1.02. The lowest BCUT2D eigenvalue weighted by Gasteiger charge is -2.21. The standard InChI is InChI=1S/C15H18F2N2OS/c1-3-13(14-18-8-9-21-14)19-10(2)11-4-6-12(7-5-11)20-15(16)17/h4-10,13,15,19H,3H2,1-2H3. The summed E-state index contributed by atoms with van der Waals surface area (Å²) >= 11 is 1.63. The number of hydrogen-bond donors (Lipinski definition) is 1. The number of halogens is 2. The van der Waals surface area contributed by atoms with E-state index in [1.165, 1.54) is 0 Å². The molecule has 2 aromatic rings. The number of nitrogens with zero attached hydrogens (tertiary/aromatic N) is 1. The van der Waals surface area contributed by atoms with Crippen LogP contribution >= 0.6 is 11.3 Å². The van der Waals surface area contributed by atoms with Crippen molar-refractivity contribution in [3.8, 4) is 5.75 Å². The zero-order chi connectivity index (χ0) is 15.2. The first-order valence-corrected chi connectivity index (χ1v) is 7.68. The van der Waals surface area contributed by atoms with Crippen LogP contribution in [0.3, 0.4) is 0 Å². The summed E-state index contributed by atoms with van der Waals surface area (Å²) in [6.45, 7) is 1.35. The first-order chi connectivity index (χ1) is 10.1. The van der Waals surface area contributed by atoms with Crippen LogP contribution < -0.4 is 10.1 Å². The topological polar surface area (TPSA) is 34.1 Å². The highest BCUT2D eigenvalue weighted by Crippen LogP contribution is 2.25. The first-order valence-electron chi connectivity index (χ1n) is 6.80. The van der Waals surface area contributed by atoms with Crippen LogP contribution in [-0.4, -0.2) is 11.6 Å². The molecule has 0 aliphatic carbocycles. The molecule has 114 valence electrons. The molecule has 1 N–H and O–H groups in total. The third kappa shape index (κ3) is 4.47. The molecule has 0 amide bonds. The van der Waals surface area contributed by atoms with Crippen LogP contribution in [0.2, 0.25) is 0 Å². The van der Waals surface area contributed by atoms with Crippen molar-refractivity contribution in [2.24, 2.45) is 0 Å². The van der Waals surface area contributed by atoms with E-state index in [4.69, 9.17) is 0 Å². The number of hydrogen-bond acceptors (Lipinski definition) is 4. The number of aromatic nitrogens is 1. The van der Waals surface area contributed by atoms with Gasteiger partial charge < -0.3 is 10.1 Å². The predicted octanol–water partition coefficient (Wildman–Crippen LogP) is 4.55. The summed E-state index contributed by atoms with van der Waals surface area (Å²) < 4.78 is 28.6. The van der Waals surface area contributed by atoms with E-state index in [0.717, 1.165) is 17.0 Å². The number of rotatable bonds is 7. The van der Waals surface area contributed by atoms with Gasteiger partial charge in [0, 0.05) is 17.6 Å². The van der Waals surface area contributed by atoms with E-state index in [1.807, 2.05) is 12.3 Å². The number of benzene rings is 1. The molecule has 3 nitrogen and oxygen atoms in total. The summed E-state index contributed by atoms with van der Waals surface area (Å²) in [5.74, 6) is 0.174. The van der Waals surface area contributed by atoms with Gasteiger partial charge in [-0.2, -0.15) is 8.78 Å². The largest absolute Gasteiger partial charge is 0.435 e. The molecular formula is C15H18F2N2OS. The summed E-state index contributed by atoms with van der Waals surface area (Å²) in [6, 6.07) is 7.00. The van der Waals surface area contributed by atoms with Crippen LogP contribution in [0, 0.1) is 0 Å². The van der Waals surface area contributed by atoms with Crippen LogP contribution in [0.5, 0.6) is 5.75 Å². The second-order valence-corrected chi connectivity index (χ2v) is 5.59. The van der Waals surface area contributed by atoms with Crippen molar-refractivity contribution in [3.63, 3.8) is 0 Å². The Morgan fingerprint density at radius 3 is 2.52 bits per heavy atom. The molecule has 2 rings (SSSR count). The van der Waals surface area contributed by atoms with Gasteiger partial charge in [0.2, 0.25) is 0 Å². The Hall–Kier alpha value is -1.53. The van der Waals surface area contributed by atoms with Crippen molar-refractivity contribution in [1.29, 1.82) is 0 Å². The fraction of sp³-hybridized carbons (Fsp3) is 0.400. The molecule has 1 aromatic heterocycles. The van der Waals surface area contributed by atoms with Gasteiger partial charge >= 0.3 is 6.61 Å². The molecule has 6 heteroatoms. The highest BCUT2D eigenvalue weighted by molar-refractivity contribution is 7.09. The fourth-order valence-corrected chi connectivity index (χ4v) is 2.89. The molecule has 0 aliphatic heterocycles. The number of alkyl halides is 2. The molecule has 0 fully saturated rings. The lowest BCUT2D eigenvalue weighted by Crippen LogP contribution is -2.24. The zero-order valence-electron chi connectivity index (χ0n) is 11.9. The van der Waals surface area contributed by atoms with Crippen molar-refractivity contribution in [2.75, 3.05) is 0 Å². The predicted molar refractivity (Wildman–Crippen MR) is 79.8 cm³/mol. The van der Waals surface area contributed by atoms with Gasteiger partial charge in [0.1, 0.15) is 10.8 Å². The van der Waals surface area contributed by atoms with Crippen LogP contribution in [-0.2, 0) is 0 Å². The van der Waals surface area contributed by atoms with Crippen molar-refractivity contribution in [2.45, 2.75) is 39.0 Å². The van der Waals surface area contributed by atoms with E-state index in [2.05, 4.69) is 22.0 Å². The average molecular weight is 312 g/mol. The van der Waals surface area contributed by atoms with E-state index in [9.17, 15) is 8.78 Å². The number of thiazole rings is 1. The van der Waals surface area contributed by atoms with Crippen molar-refractivity contribution < 1.29 is 13.5 Å². The quantitative estimate of drug-likeness (QED) is 0.814. The Bertz CT molecular complexity index is 531. The van der Waals surface area contributed by atoms with Crippen molar-refractivity contribution in [1.82, 2.24) is 10.3 Å². The maximum absolute atomic E-state index is 12.1. The second kappa shape index (κ2) is 7.47. The number of nitrogens with one attached hydrogen (secondary N) is 1. The Balaban J connectivity index is 2.00. The van der Waals surface area contributed by atoms with Gasteiger partial charge in [-0.15, -0.1) is 11.3 Å². The van der Waals surface area contributed by atoms with E-state index >= 15 is 0 Å². The van der Waals surface area contributed by atoms with Crippen molar-refractivity contribution >= 4 is 11.3 Å². The third-order valence-corrected chi connectivity index (χ3v) is 4.10. The molecule has 0 saturated heterocycles. The van der Waals surface area contributed by atoms with Crippen molar-refractivity contribution in [3.05, 3.63) is 46.4 Å². The first kappa shape index (κ1) is 15.9. The van der Waals surface area contributed by atoms with E-state index in [0.29, 0.717) is 0 Å². The third-order valence-electron chi connectivity index (χ3n) is 3.21. The normalized spacial score (nSPS) is 14.1. The summed E-state index contributed by atoms with van der Waals surface area (Å²) in [5, 5.41) is 6.52. The van der Waals surface area contributed by atoms with Crippen LogP contribution in [0.15, 0.2) is 35.8 Å². The highest BCUT2D eigenvalue weighted by Gasteiger charge is 2.16. The van der Waals surface area contributed by atoms with Gasteiger partial charge in [-0.1, -0.05) is 19.1 Å². The molecule has 0 radical (unpaired) electrons. The molecular weight excluding hydrogens is 294 g/mol. The van der Waals surface area contributed by atoms with Crippen LogP contribution in [0.25, 0.3) is 0 Å². The van der Waals surface area contributed by atoms with E-state index < -0.39 is 6.61 Å². The van der Waals surface area contributed by atoms with Gasteiger partial charge in [0.15, 0.2) is 0 Å². The van der Waals surface area contributed by atoms with Crippen LogP contribution in [0.4, 0.5) is 8.78 Å². The molecule has 0 aliphatic rings. The highest BCUT2D eigenvalue weighted by atomic mass is 32.1. The molecule has 1 aromatic carbocycles. The fourth-order valence-electron chi connectivity index (χ4n) is 2.11. The van der Waals surface area contributed by atoms with Gasteiger partial charge in [0.25, 0.3) is 0 Å². The minimum atomic E-state index is -2.79. The summed E-state index contributed by atoms with van der Waals surface area (Å²) in [6.07, 6.45) is 2.73. The molecule has 0 saturated carbocycles. The average Bonchev–Trinajstić information content (AvgIpc) is 2.98. The van der Waals surface area contributed by atoms with E-state index in [-0.39, 0.29) is 17.8 Å². The van der Waals surface area contributed by atoms with Gasteiger partial charge in [-0.25, -0.2) is 4.98 Å². The number of ether oxygens (including phenoxy) is 1. The lowest BCUT2D eigenvalue weighted by molar-refractivity contribution is -0.0498. The molecule has 2 unspecified atom stereocenters. The summed E-state index contributed by atoms with van der Waals surface area (Å²) in [4.78, 5) is 4.33. The monoisotopic (exact) mass is 312 g/mol. The van der Waals surface area contributed by atoms with Gasteiger partial charge in [-0.3, -0.25) is 0 Å². The molecule has 1 heterocycles. The SMILES string of the molecule is CCC(NC(C)c1ccc(OC(F)F)cc1)c1nccs1. The zero-order valence-corrected chi connectivity index (χ0v) is 12.7. The van der Waals surface area contributed by atoms with Gasteiger partial charge in [0.05, 0.1) is 6.04 Å². The minimum absolute atomic E-state index is 0.0967. The Morgan fingerprint density at radius 2 is 2.00 bits per heavy atom. The lowest BCUT2D eigenvalue weighted by atomic mass is 10.1. The Kier molecular flexibility index (Phi) is 5.64. The maximum Gasteiger partial charge on any atom is 0.387 e. The maximum atomic E-state index is 12.1. The Morgan fingerprint density at radius 1 is 1.29 bits per heavy atom.